The van der Waals surface area contributed by atoms with Crippen molar-refractivity contribution in [2.75, 3.05) is 7.11 Å². The summed E-state index contributed by atoms with van der Waals surface area (Å²) in [5.41, 5.74) is 6.89. The third-order valence-corrected chi connectivity index (χ3v) is 3.14. The SMILES string of the molecule is COC(=O)[C@H](CC(C)C)NC(=O)C(N)Cc1ccccc1. The highest BCUT2D eigenvalue weighted by Gasteiger charge is 2.25. The highest BCUT2D eigenvalue weighted by atomic mass is 16.5. The zero-order valence-corrected chi connectivity index (χ0v) is 12.8. The zero-order chi connectivity index (χ0) is 15.8. The van der Waals surface area contributed by atoms with Crippen LogP contribution in [0.4, 0.5) is 0 Å². The first kappa shape index (κ1) is 17.2. The Bertz CT molecular complexity index is 460. The van der Waals surface area contributed by atoms with Crippen molar-refractivity contribution >= 4 is 11.9 Å². The van der Waals surface area contributed by atoms with E-state index in [1.54, 1.807) is 0 Å². The van der Waals surface area contributed by atoms with Gasteiger partial charge in [0.05, 0.1) is 13.2 Å². The van der Waals surface area contributed by atoms with Crippen LogP contribution in [-0.2, 0) is 20.7 Å². The Balaban J connectivity index is 2.61. The van der Waals surface area contributed by atoms with Crippen molar-refractivity contribution in [2.24, 2.45) is 11.7 Å². The number of esters is 1. The predicted octanol–water partition coefficient (Wildman–Crippen LogP) is 1.26. The molecule has 1 rings (SSSR count). The van der Waals surface area contributed by atoms with E-state index >= 15 is 0 Å². The Hall–Kier alpha value is -1.88. The number of hydrogen-bond donors (Lipinski definition) is 2. The summed E-state index contributed by atoms with van der Waals surface area (Å²) in [6.07, 6.45) is 0.957. The first-order chi connectivity index (χ1) is 9.93. The van der Waals surface area contributed by atoms with Crippen molar-refractivity contribution in [2.45, 2.75) is 38.8 Å². The number of hydrogen-bond acceptors (Lipinski definition) is 4. The molecule has 0 aliphatic rings. The van der Waals surface area contributed by atoms with Crippen molar-refractivity contribution in [3.8, 4) is 0 Å². The summed E-state index contributed by atoms with van der Waals surface area (Å²) < 4.78 is 4.72. The van der Waals surface area contributed by atoms with Gasteiger partial charge in [0.1, 0.15) is 6.04 Å². The maximum absolute atomic E-state index is 12.1. The van der Waals surface area contributed by atoms with Crippen LogP contribution in [0.3, 0.4) is 0 Å². The standard InChI is InChI=1S/C16H24N2O3/c1-11(2)9-14(16(20)21-3)18-15(19)13(17)10-12-7-5-4-6-8-12/h4-8,11,13-14H,9-10,17H2,1-3H3,(H,18,19)/t13?,14-/m0/s1. The van der Waals surface area contributed by atoms with Gasteiger partial charge in [0.15, 0.2) is 0 Å². The molecule has 1 aromatic rings. The van der Waals surface area contributed by atoms with Crippen LogP contribution in [-0.4, -0.2) is 31.1 Å². The fourth-order valence-corrected chi connectivity index (χ4v) is 2.07. The van der Waals surface area contributed by atoms with Gasteiger partial charge in [-0.15, -0.1) is 0 Å². The molecule has 0 fully saturated rings. The van der Waals surface area contributed by atoms with E-state index in [1.807, 2.05) is 44.2 Å². The van der Waals surface area contributed by atoms with E-state index in [9.17, 15) is 9.59 Å². The molecule has 0 saturated heterocycles. The quantitative estimate of drug-likeness (QED) is 0.741. The summed E-state index contributed by atoms with van der Waals surface area (Å²) in [5.74, 6) is -0.515. The largest absolute Gasteiger partial charge is 0.467 e. The molecule has 1 aromatic carbocycles. The number of amides is 1. The lowest BCUT2D eigenvalue weighted by atomic mass is 10.0. The van der Waals surface area contributed by atoms with Gasteiger partial charge >= 0.3 is 5.97 Å². The third kappa shape index (κ3) is 5.95. The van der Waals surface area contributed by atoms with Gasteiger partial charge < -0.3 is 15.8 Å². The minimum atomic E-state index is -0.688. The van der Waals surface area contributed by atoms with Crippen molar-refractivity contribution < 1.29 is 14.3 Å². The fourth-order valence-electron chi connectivity index (χ4n) is 2.07. The molecule has 0 radical (unpaired) electrons. The van der Waals surface area contributed by atoms with Gasteiger partial charge in [-0.3, -0.25) is 4.79 Å². The predicted molar refractivity (Wildman–Crippen MR) is 81.5 cm³/mol. The molecular weight excluding hydrogens is 268 g/mol. The molecule has 2 atom stereocenters. The number of methoxy groups -OCH3 is 1. The molecule has 1 amide bonds. The summed E-state index contributed by atoms with van der Waals surface area (Å²) >= 11 is 0. The van der Waals surface area contributed by atoms with E-state index in [4.69, 9.17) is 10.5 Å². The molecule has 5 nitrogen and oxygen atoms in total. The van der Waals surface area contributed by atoms with Gasteiger partial charge in [-0.2, -0.15) is 0 Å². The van der Waals surface area contributed by atoms with E-state index in [-0.39, 0.29) is 11.8 Å². The van der Waals surface area contributed by atoms with Crippen LogP contribution >= 0.6 is 0 Å². The Kier molecular flexibility index (Phi) is 6.88. The third-order valence-electron chi connectivity index (χ3n) is 3.14. The first-order valence-electron chi connectivity index (χ1n) is 7.11. The second-order valence-electron chi connectivity index (χ2n) is 5.51. The summed E-state index contributed by atoms with van der Waals surface area (Å²) in [5, 5.41) is 2.68. The van der Waals surface area contributed by atoms with Gasteiger partial charge in [0.25, 0.3) is 0 Å². The molecule has 0 bridgehead atoms. The molecule has 0 aliphatic heterocycles. The topological polar surface area (TPSA) is 81.4 Å². The lowest BCUT2D eigenvalue weighted by molar-refractivity contribution is -0.145. The van der Waals surface area contributed by atoms with Gasteiger partial charge in [-0.05, 0) is 24.3 Å². The number of ether oxygens (including phenoxy) is 1. The van der Waals surface area contributed by atoms with E-state index in [0.717, 1.165) is 5.56 Å². The molecule has 116 valence electrons. The van der Waals surface area contributed by atoms with E-state index in [1.165, 1.54) is 7.11 Å². The van der Waals surface area contributed by atoms with Crippen molar-refractivity contribution in [1.82, 2.24) is 5.32 Å². The maximum atomic E-state index is 12.1. The minimum absolute atomic E-state index is 0.264. The molecular formula is C16H24N2O3. The molecule has 0 spiro atoms. The van der Waals surface area contributed by atoms with E-state index in [2.05, 4.69) is 5.32 Å². The number of carbonyl (C=O) groups excluding carboxylic acids is 2. The number of nitrogens with one attached hydrogen (secondary N) is 1. The smallest absolute Gasteiger partial charge is 0.328 e. The molecule has 0 aromatic heterocycles. The van der Waals surface area contributed by atoms with E-state index in [0.29, 0.717) is 12.8 Å². The lowest BCUT2D eigenvalue weighted by Gasteiger charge is -2.20. The number of nitrogens with two attached hydrogens (primary N) is 1. The Labute approximate surface area is 125 Å². The maximum Gasteiger partial charge on any atom is 0.328 e. The monoisotopic (exact) mass is 292 g/mol. The summed E-state index contributed by atoms with van der Waals surface area (Å²) in [6.45, 7) is 3.96. The lowest BCUT2D eigenvalue weighted by Crippen LogP contribution is -2.49. The molecule has 5 heteroatoms. The van der Waals surface area contributed by atoms with Crippen LogP contribution in [0.2, 0.25) is 0 Å². The number of rotatable bonds is 7. The normalized spacial score (nSPS) is 13.6. The Morgan fingerprint density at radius 1 is 1.24 bits per heavy atom. The molecule has 0 aliphatic carbocycles. The number of benzene rings is 1. The summed E-state index contributed by atoms with van der Waals surface area (Å²) in [4.78, 5) is 23.8. The first-order valence-corrected chi connectivity index (χ1v) is 7.11. The Morgan fingerprint density at radius 3 is 2.38 bits per heavy atom. The Morgan fingerprint density at radius 2 is 1.86 bits per heavy atom. The molecule has 1 unspecified atom stereocenters. The molecule has 3 N–H and O–H groups in total. The molecule has 0 heterocycles. The summed E-state index contributed by atoms with van der Waals surface area (Å²) in [7, 11) is 1.31. The average molecular weight is 292 g/mol. The van der Waals surface area contributed by atoms with Crippen LogP contribution in [0.1, 0.15) is 25.8 Å². The zero-order valence-electron chi connectivity index (χ0n) is 12.8. The molecule has 21 heavy (non-hydrogen) atoms. The van der Waals surface area contributed by atoms with Crippen molar-refractivity contribution in [1.29, 1.82) is 0 Å². The average Bonchev–Trinajstić information content (AvgIpc) is 2.46. The van der Waals surface area contributed by atoms with Gasteiger partial charge in [0, 0.05) is 0 Å². The van der Waals surface area contributed by atoms with Crippen LogP contribution < -0.4 is 11.1 Å². The number of carbonyl (C=O) groups is 2. The van der Waals surface area contributed by atoms with E-state index < -0.39 is 18.1 Å². The van der Waals surface area contributed by atoms with Crippen LogP contribution in [0.5, 0.6) is 0 Å². The van der Waals surface area contributed by atoms with Gasteiger partial charge in [-0.25, -0.2) is 4.79 Å². The van der Waals surface area contributed by atoms with Crippen molar-refractivity contribution in [3.05, 3.63) is 35.9 Å². The van der Waals surface area contributed by atoms with Gasteiger partial charge in [0.2, 0.25) is 5.91 Å². The fraction of sp³-hybridized carbons (Fsp3) is 0.500. The van der Waals surface area contributed by atoms with Gasteiger partial charge in [-0.1, -0.05) is 44.2 Å². The van der Waals surface area contributed by atoms with Crippen LogP contribution in [0.25, 0.3) is 0 Å². The highest BCUT2D eigenvalue weighted by molar-refractivity contribution is 5.87. The van der Waals surface area contributed by atoms with Crippen molar-refractivity contribution in [3.63, 3.8) is 0 Å². The van der Waals surface area contributed by atoms with Crippen LogP contribution in [0.15, 0.2) is 30.3 Å². The highest BCUT2D eigenvalue weighted by Crippen LogP contribution is 2.07. The minimum Gasteiger partial charge on any atom is -0.467 e. The second-order valence-corrected chi connectivity index (χ2v) is 5.51. The molecule has 0 saturated carbocycles. The second kappa shape index (κ2) is 8.42. The summed E-state index contributed by atoms with van der Waals surface area (Å²) in [6, 6.07) is 8.20. The van der Waals surface area contributed by atoms with Crippen LogP contribution in [0, 0.1) is 5.92 Å².